The first-order chi connectivity index (χ1) is 19.5. The van der Waals surface area contributed by atoms with Gasteiger partial charge >= 0.3 is 12.3 Å². The Morgan fingerprint density at radius 2 is 1.71 bits per heavy atom. The molecule has 3 heterocycles. The lowest BCUT2D eigenvalue weighted by atomic mass is 10.0. The van der Waals surface area contributed by atoms with Crippen molar-refractivity contribution in [3.05, 3.63) is 46.8 Å². The Hall–Kier alpha value is -3.85. The highest BCUT2D eigenvalue weighted by molar-refractivity contribution is 5.87. The van der Waals surface area contributed by atoms with E-state index in [1.165, 1.54) is 9.80 Å². The van der Waals surface area contributed by atoms with E-state index in [-0.39, 0.29) is 44.0 Å². The molecule has 2 aliphatic rings. The summed E-state index contributed by atoms with van der Waals surface area (Å²) in [5.41, 5.74) is -1.13. The van der Waals surface area contributed by atoms with E-state index in [9.17, 15) is 40.7 Å². The first kappa shape index (κ1) is 31.1. The first-order valence-electron chi connectivity index (χ1n) is 13.2. The second-order valence-corrected chi connectivity index (χ2v) is 11.2. The molecule has 1 aromatic heterocycles. The molecule has 4 rings (SSSR count). The number of alkyl halides is 3. The second kappa shape index (κ2) is 11.8. The van der Waals surface area contributed by atoms with Gasteiger partial charge in [-0.15, -0.1) is 10.2 Å². The molecule has 2 atom stereocenters. The molecule has 0 spiro atoms. The van der Waals surface area contributed by atoms with Crippen LogP contribution in [0.25, 0.3) is 0 Å². The summed E-state index contributed by atoms with van der Waals surface area (Å²) in [5, 5.41) is 9.34. The molecule has 1 N–H and O–H groups in total. The first-order valence-corrected chi connectivity index (χ1v) is 13.2. The highest BCUT2D eigenvalue weighted by Crippen LogP contribution is 2.30. The number of halogens is 6. The lowest BCUT2D eigenvalue weighted by Crippen LogP contribution is -2.51. The monoisotopic (exact) mass is 604 g/mol. The minimum absolute atomic E-state index is 0.0897. The van der Waals surface area contributed by atoms with Crippen LogP contribution in [-0.2, 0) is 40.0 Å². The van der Waals surface area contributed by atoms with Crippen molar-refractivity contribution in [3.63, 3.8) is 0 Å². The van der Waals surface area contributed by atoms with Gasteiger partial charge < -0.3 is 19.5 Å². The number of fused-ring (bicyclic) bond motifs is 1. The number of nitrogens with zero attached hydrogens (tertiary/aromatic N) is 5. The van der Waals surface area contributed by atoms with Gasteiger partial charge in [0.15, 0.2) is 17.5 Å². The molecule has 0 aliphatic carbocycles. The zero-order valence-corrected chi connectivity index (χ0v) is 23.1. The van der Waals surface area contributed by atoms with E-state index in [1.54, 1.807) is 20.8 Å². The van der Waals surface area contributed by atoms with Crippen LogP contribution in [0.15, 0.2) is 12.1 Å². The van der Waals surface area contributed by atoms with Crippen molar-refractivity contribution in [1.82, 2.24) is 29.9 Å². The molecule has 230 valence electrons. The summed E-state index contributed by atoms with van der Waals surface area (Å²) < 4.78 is 87.7. The number of carbonyl (C=O) groups excluding carboxylic acids is 3. The average molecular weight is 605 g/mol. The molecular formula is C26H30F6N6O4. The predicted molar refractivity (Wildman–Crippen MR) is 133 cm³/mol. The summed E-state index contributed by atoms with van der Waals surface area (Å²) in [5.74, 6) is -6.38. The Morgan fingerprint density at radius 3 is 2.38 bits per heavy atom. The van der Waals surface area contributed by atoms with Crippen LogP contribution < -0.4 is 5.32 Å². The van der Waals surface area contributed by atoms with Crippen LogP contribution in [0.5, 0.6) is 0 Å². The van der Waals surface area contributed by atoms with Gasteiger partial charge in [0.2, 0.25) is 17.6 Å². The Balaban J connectivity index is 1.52. The second-order valence-electron chi connectivity index (χ2n) is 11.2. The van der Waals surface area contributed by atoms with Crippen molar-refractivity contribution < 1.29 is 45.5 Å². The van der Waals surface area contributed by atoms with E-state index < -0.39 is 77.9 Å². The zero-order chi connectivity index (χ0) is 31.0. The molecule has 0 bridgehead atoms. The summed E-state index contributed by atoms with van der Waals surface area (Å²) in [6, 6.07) is -1.13. The summed E-state index contributed by atoms with van der Waals surface area (Å²) in [7, 11) is 0. The van der Waals surface area contributed by atoms with E-state index >= 15 is 0 Å². The van der Waals surface area contributed by atoms with Crippen molar-refractivity contribution in [1.29, 1.82) is 0 Å². The van der Waals surface area contributed by atoms with Gasteiger partial charge in [0.1, 0.15) is 17.5 Å². The van der Waals surface area contributed by atoms with Gasteiger partial charge in [-0.2, -0.15) is 13.2 Å². The Bertz CT molecular complexity index is 1360. The van der Waals surface area contributed by atoms with Gasteiger partial charge in [0, 0.05) is 38.2 Å². The maximum absolute atomic E-state index is 14.5. The summed E-state index contributed by atoms with van der Waals surface area (Å²) in [6.45, 7) is 4.59. The molecule has 2 aliphatic heterocycles. The lowest BCUT2D eigenvalue weighted by molar-refractivity contribution is -0.148. The highest BCUT2D eigenvalue weighted by Gasteiger charge is 2.41. The number of hydrogen-bond donors (Lipinski definition) is 1. The fraction of sp³-hybridized carbons (Fsp3) is 0.577. The fourth-order valence-electron chi connectivity index (χ4n) is 4.96. The summed E-state index contributed by atoms with van der Waals surface area (Å²) in [4.78, 5) is 41.7. The molecule has 0 saturated carbocycles. The van der Waals surface area contributed by atoms with E-state index in [4.69, 9.17) is 4.74 Å². The van der Waals surface area contributed by atoms with Crippen LogP contribution >= 0.6 is 0 Å². The molecule has 1 saturated heterocycles. The average Bonchev–Trinajstić information content (AvgIpc) is 3.53. The molecule has 16 heteroatoms. The number of nitrogens with one attached hydrogen (secondary N) is 1. The molecule has 1 unspecified atom stereocenters. The van der Waals surface area contributed by atoms with Crippen LogP contribution in [-0.4, -0.2) is 73.2 Å². The fourth-order valence-corrected chi connectivity index (χ4v) is 4.96. The molecular weight excluding hydrogens is 574 g/mol. The molecule has 1 fully saturated rings. The topological polar surface area (TPSA) is 110 Å². The van der Waals surface area contributed by atoms with E-state index in [0.717, 1.165) is 4.57 Å². The van der Waals surface area contributed by atoms with Gasteiger partial charge in [-0.25, -0.2) is 18.0 Å². The number of hydrogen-bond acceptors (Lipinski definition) is 6. The van der Waals surface area contributed by atoms with Gasteiger partial charge in [-0.3, -0.25) is 14.5 Å². The number of amides is 3. The quantitative estimate of drug-likeness (QED) is 0.399. The van der Waals surface area contributed by atoms with E-state index in [1.807, 2.05) is 0 Å². The number of rotatable bonds is 6. The van der Waals surface area contributed by atoms with Crippen LogP contribution in [0.2, 0.25) is 0 Å². The Labute approximate surface area is 237 Å². The van der Waals surface area contributed by atoms with E-state index in [0.29, 0.717) is 18.6 Å². The maximum Gasteiger partial charge on any atom is 0.451 e. The zero-order valence-electron chi connectivity index (χ0n) is 23.1. The molecule has 0 radical (unpaired) electrons. The molecule has 2 aromatic rings. The largest absolute Gasteiger partial charge is 0.451 e. The highest BCUT2D eigenvalue weighted by atomic mass is 19.4. The lowest BCUT2D eigenvalue weighted by Gasteiger charge is -2.31. The molecule has 3 amide bonds. The number of benzene rings is 1. The third kappa shape index (κ3) is 7.13. The summed E-state index contributed by atoms with van der Waals surface area (Å²) in [6.07, 6.45) is -5.53. The van der Waals surface area contributed by atoms with Gasteiger partial charge in [-0.1, -0.05) is 0 Å². The van der Waals surface area contributed by atoms with Gasteiger partial charge in [0.25, 0.3) is 0 Å². The normalized spacial score (nSPS) is 18.1. The third-order valence-corrected chi connectivity index (χ3v) is 6.87. The van der Waals surface area contributed by atoms with E-state index in [2.05, 4.69) is 15.5 Å². The van der Waals surface area contributed by atoms with Crippen LogP contribution in [0, 0.1) is 17.5 Å². The van der Waals surface area contributed by atoms with Crippen LogP contribution in [0.1, 0.15) is 57.2 Å². The smallest absolute Gasteiger partial charge is 0.444 e. The van der Waals surface area contributed by atoms with Gasteiger partial charge in [0.05, 0.1) is 6.54 Å². The standard InChI is InChI=1S/C26H30F6N6O4/c1-25(2,3)42-24(41)37-6-4-5-19(37)22(40)33-15(9-14-10-17(28)18(29)12-16(14)27)11-21(39)36-7-8-38-20(13-36)34-35-23(38)26(30,31)32/h10,12,15,19H,4-9,11,13H2,1-3H3,(H,33,40)/t15-,19?/m1/s1. The third-order valence-electron chi connectivity index (χ3n) is 6.87. The SMILES string of the molecule is CC(C)(C)OC(=O)N1CCCC1C(=O)N[C@@H](CC(=O)N1CCn2c(nnc2C(F)(F)F)C1)Cc1cc(F)c(F)cc1F. The minimum Gasteiger partial charge on any atom is -0.444 e. The number of carbonyl (C=O) groups is 3. The van der Waals surface area contributed by atoms with Crippen molar-refractivity contribution in [3.8, 4) is 0 Å². The molecule has 1 aromatic carbocycles. The molecule has 42 heavy (non-hydrogen) atoms. The van der Waals surface area contributed by atoms with Crippen molar-refractivity contribution in [2.75, 3.05) is 13.1 Å². The summed E-state index contributed by atoms with van der Waals surface area (Å²) >= 11 is 0. The predicted octanol–water partition coefficient (Wildman–Crippen LogP) is 3.57. The maximum atomic E-state index is 14.5. The van der Waals surface area contributed by atoms with Crippen molar-refractivity contribution in [2.24, 2.45) is 0 Å². The van der Waals surface area contributed by atoms with Crippen LogP contribution in [0.3, 0.4) is 0 Å². The van der Waals surface area contributed by atoms with Crippen molar-refractivity contribution >= 4 is 17.9 Å². The van der Waals surface area contributed by atoms with Crippen molar-refractivity contribution in [2.45, 2.75) is 83.4 Å². The minimum atomic E-state index is -4.73. The Morgan fingerprint density at radius 1 is 1.02 bits per heavy atom. The van der Waals surface area contributed by atoms with Gasteiger partial charge in [-0.05, 0) is 51.7 Å². The number of aromatic nitrogens is 3. The number of ether oxygens (including phenoxy) is 1. The Kier molecular flexibility index (Phi) is 8.73. The molecule has 10 nitrogen and oxygen atoms in total. The van der Waals surface area contributed by atoms with Crippen LogP contribution in [0.4, 0.5) is 31.1 Å². The number of likely N-dealkylation sites (tertiary alicyclic amines) is 1.